The van der Waals surface area contributed by atoms with Gasteiger partial charge >= 0.3 is 0 Å². The van der Waals surface area contributed by atoms with Crippen LogP contribution in [0.4, 0.5) is 0 Å². The van der Waals surface area contributed by atoms with Crippen LogP contribution in [-0.2, 0) is 19.4 Å². The van der Waals surface area contributed by atoms with E-state index < -0.39 is 0 Å². The second kappa shape index (κ2) is 9.18. The molecule has 3 aromatic heterocycles. The normalized spacial score (nSPS) is 15.1. The Kier molecular flexibility index (Phi) is 5.96. The van der Waals surface area contributed by atoms with Crippen molar-refractivity contribution in [1.29, 1.82) is 0 Å². The highest BCUT2D eigenvalue weighted by molar-refractivity contribution is 5.80. The first-order valence-corrected chi connectivity index (χ1v) is 11.3. The molecule has 4 aromatic rings. The number of rotatable bonds is 7. The third kappa shape index (κ3) is 4.87. The Morgan fingerprint density at radius 1 is 1.09 bits per heavy atom. The van der Waals surface area contributed by atoms with E-state index in [1.54, 1.807) is 0 Å². The highest BCUT2D eigenvalue weighted by Crippen LogP contribution is 2.23. The van der Waals surface area contributed by atoms with Crippen molar-refractivity contribution in [3.63, 3.8) is 0 Å². The second-order valence-electron chi connectivity index (χ2n) is 8.89. The Hall–Kier alpha value is -3.10. The lowest BCUT2D eigenvalue weighted by Crippen LogP contribution is -2.42. The van der Waals surface area contributed by atoms with E-state index in [4.69, 9.17) is 9.51 Å². The monoisotopic (exact) mass is 431 g/mol. The van der Waals surface area contributed by atoms with Gasteiger partial charge in [0.05, 0.1) is 11.0 Å². The van der Waals surface area contributed by atoms with Gasteiger partial charge in [-0.15, -0.1) is 0 Å². The quantitative estimate of drug-likeness (QED) is 0.464. The molecule has 0 spiro atoms. The predicted octanol–water partition coefficient (Wildman–Crippen LogP) is 3.20. The van der Waals surface area contributed by atoms with Gasteiger partial charge in [-0.3, -0.25) is 9.88 Å². The summed E-state index contributed by atoms with van der Waals surface area (Å²) in [6.07, 6.45) is 3.37. The number of hydrogen-bond donors (Lipinski definition) is 2. The van der Waals surface area contributed by atoms with Crippen LogP contribution in [0.5, 0.6) is 0 Å². The molecular weight excluding hydrogens is 402 g/mol. The maximum Gasteiger partial charge on any atom is 0.257 e. The van der Waals surface area contributed by atoms with Crippen LogP contribution < -0.4 is 5.32 Å². The summed E-state index contributed by atoms with van der Waals surface area (Å²) in [4.78, 5) is 19.8. The lowest BCUT2D eigenvalue weighted by Gasteiger charge is -2.27. The summed E-state index contributed by atoms with van der Waals surface area (Å²) in [7, 11) is 0. The number of H-pyrrole nitrogens is 1. The van der Waals surface area contributed by atoms with E-state index in [-0.39, 0.29) is 0 Å². The highest BCUT2D eigenvalue weighted by Gasteiger charge is 2.13. The molecule has 1 fully saturated rings. The fraction of sp³-hybridized carbons (Fsp3) is 0.417. The minimum Gasteiger partial charge on any atom is -0.342 e. The van der Waals surface area contributed by atoms with Crippen LogP contribution in [0.1, 0.15) is 36.8 Å². The number of aromatic amines is 1. The first kappa shape index (κ1) is 20.8. The van der Waals surface area contributed by atoms with Crippen LogP contribution in [-0.4, -0.2) is 56.2 Å². The molecule has 5 rings (SSSR count). The van der Waals surface area contributed by atoms with Gasteiger partial charge in [0.25, 0.3) is 5.89 Å². The molecule has 0 unspecified atom stereocenters. The van der Waals surface area contributed by atoms with Crippen LogP contribution in [0.2, 0.25) is 0 Å². The molecule has 0 saturated carbocycles. The van der Waals surface area contributed by atoms with Gasteiger partial charge in [0.2, 0.25) is 0 Å². The summed E-state index contributed by atoms with van der Waals surface area (Å²) >= 11 is 0. The van der Waals surface area contributed by atoms with E-state index in [0.29, 0.717) is 18.2 Å². The number of nitrogens with zero attached hydrogens (tertiary/aromatic N) is 5. The molecule has 2 N–H and O–H groups in total. The number of piperazine rings is 1. The van der Waals surface area contributed by atoms with Crippen molar-refractivity contribution >= 4 is 11.0 Å². The number of nitrogens with one attached hydrogen (secondary N) is 2. The van der Waals surface area contributed by atoms with Crippen molar-refractivity contribution in [2.75, 3.05) is 26.2 Å². The molecule has 1 aliphatic heterocycles. The van der Waals surface area contributed by atoms with E-state index in [1.165, 1.54) is 5.56 Å². The maximum atomic E-state index is 5.47. The summed E-state index contributed by atoms with van der Waals surface area (Å²) in [6.45, 7) is 9.53. The molecule has 0 atom stereocenters. The Morgan fingerprint density at radius 3 is 2.81 bits per heavy atom. The van der Waals surface area contributed by atoms with Crippen molar-refractivity contribution in [2.24, 2.45) is 5.92 Å². The predicted molar refractivity (Wildman–Crippen MR) is 123 cm³/mol. The third-order valence-corrected chi connectivity index (χ3v) is 5.68. The summed E-state index contributed by atoms with van der Waals surface area (Å²) in [5.74, 6) is 2.67. The van der Waals surface area contributed by atoms with Gasteiger partial charge in [-0.05, 0) is 41.8 Å². The summed E-state index contributed by atoms with van der Waals surface area (Å²) in [5.41, 5.74) is 5.09. The van der Waals surface area contributed by atoms with E-state index in [1.807, 2.05) is 24.4 Å². The molecule has 1 saturated heterocycles. The molecule has 0 aliphatic carbocycles. The van der Waals surface area contributed by atoms with Crippen molar-refractivity contribution in [2.45, 2.75) is 33.2 Å². The number of aromatic nitrogens is 5. The van der Waals surface area contributed by atoms with Gasteiger partial charge in [0.1, 0.15) is 5.82 Å². The molecule has 166 valence electrons. The van der Waals surface area contributed by atoms with Crippen LogP contribution in [0, 0.1) is 5.92 Å². The first-order chi connectivity index (χ1) is 15.6. The molecule has 8 nitrogen and oxygen atoms in total. The summed E-state index contributed by atoms with van der Waals surface area (Å²) in [5, 5.41) is 7.50. The topological polar surface area (TPSA) is 95.8 Å². The molecule has 0 bridgehead atoms. The average molecular weight is 432 g/mol. The lowest BCUT2D eigenvalue weighted by atomic mass is 10.1. The van der Waals surface area contributed by atoms with Gasteiger partial charge in [-0.25, -0.2) is 4.98 Å². The minimum absolute atomic E-state index is 0.488. The van der Waals surface area contributed by atoms with E-state index in [0.717, 1.165) is 73.1 Å². The SMILES string of the molecule is CC(C)Cc1noc(-c2ccc3nc(Cc4cc(CN5CCNCC5)ccn4)[nH]c3c2)n1. The van der Waals surface area contributed by atoms with Crippen LogP contribution in [0.15, 0.2) is 41.1 Å². The van der Waals surface area contributed by atoms with Crippen molar-refractivity contribution in [3.8, 4) is 11.5 Å². The fourth-order valence-corrected chi connectivity index (χ4v) is 4.12. The van der Waals surface area contributed by atoms with E-state index in [9.17, 15) is 0 Å². The average Bonchev–Trinajstić information content (AvgIpc) is 3.40. The number of hydrogen-bond acceptors (Lipinski definition) is 7. The van der Waals surface area contributed by atoms with Gasteiger partial charge in [0, 0.05) is 63.0 Å². The Balaban J connectivity index is 1.31. The van der Waals surface area contributed by atoms with Crippen molar-refractivity contribution in [3.05, 3.63) is 59.4 Å². The Bertz CT molecular complexity index is 1190. The van der Waals surface area contributed by atoms with Gasteiger partial charge in [-0.2, -0.15) is 4.98 Å². The van der Waals surface area contributed by atoms with Gasteiger partial charge in [-0.1, -0.05) is 19.0 Å². The third-order valence-electron chi connectivity index (χ3n) is 5.68. The second-order valence-corrected chi connectivity index (χ2v) is 8.89. The smallest absolute Gasteiger partial charge is 0.257 e. The Morgan fingerprint density at radius 2 is 1.97 bits per heavy atom. The largest absolute Gasteiger partial charge is 0.342 e. The molecule has 4 heterocycles. The highest BCUT2D eigenvalue weighted by atomic mass is 16.5. The molecule has 0 amide bonds. The van der Waals surface area contributed by atoms with E-state index >= 15 is 0 Å². The Labute approximate surface area is 187 Å². The maximum absolute atomic E-state index is 5.47. The number of benzene rings is 1. The van der Waals surface area contributed by atoms with Crippen molar-refractivity contribution in [1.82, 2.24) is 35.3 Å². The number of imidazole rings is 1. The van der Waals surface area contributed by atoms with Crippen LogP contribution in [0.25, 0.3) is 22.5 Å². The number of pyridine rings is 1. The standard InChI is InChI=1S/C24H29N7O/c1-16(2)11-23-29-24(32-30-23)18-3-4-20-21(13-18)28-22(27-20)14-19-12-17(5-6-26-19)15-31-9-7-25-8-10-31/h3-6,12-13,16,25H,7-11,14-15H2,1-2H3,(H,27,28). The summed E-state index contributed by atoms with van der Waals surface area (Å²) in [6, 6.07) is 10.3. The molecular formula is C24H29N7O. The van der Waals surface area contributed by atoms with Crippen molar-refractivity contribution < 1.29 is 4.52 Å². The summed E-state index contributed by atoms with van der Waals surface area (Å²) < 4.78 is 5.47. The van der Waals surface area contributed by atoms with Crippen LogP contribution in [0.3, 0.4) is 0 Å². The fourth-order valence-electron chi connectivity index (χ4n) is 4.12. The first-order valence-electron chi connectivity index (χ1n) is 11.3. The number of fused-ring (bicyclic) bond motifs is 1. The molecule has 1 aliphatic rings. The lowest BCUT2D eigenvalue weighted by molar-refractivity contribution is 0.233. The minimum atomic E-state index is 0.488. The zero-order chi connectivity index (χ0) is 21.9. The molecule has 0 radical (unpaired) electrons. The molecule has 8 heteroatoms. The zero-order valence-corrected chi connectivity index (χ0v) is 18.6. The molecule has 32 heavy (non-hydrogen) atoms. The van der Waals surface area contributed by atoms with E-state index in [2.05, 4.69) is 56.3 Å². The van der Waals surface area contributed by atoms with Crippen LogP contribution >= 0.6 is 0 Å². The zero-order valence-electron chi connectivity index (χ0n) is 18.6. The molecule has 1 aromatic carbocycles. The van der Waals surface area contributed by atoms with Gasteiger partial charge in [0.15, 0.2) is 5.82 Å². The van der Waals surface area contributed by atoms with Gasteiger partial charge < -0.3 is 14.8 Å².